The van der Waals surface area contributed by atoms with Gasteiger partial charge in [-0.25, -0.2) is 13.2 Å². The third kappa shape index (κ3) is 1.38. The van der Waals surface area contributed by atoms with E-state index in [9.17, 15) is 13.2 Å². The van der Waals surface area contributed by atoms with Crippen LogP contribution in [-0.4, -0.2) is 11.7 Å². The van der Waals surface area contributed by atoms with E-state index >= 15 is 0 Å². The largest absolute Gasteiger partial charge is 0.505 e. The molecule has 1 fully saturated rings. The van der Waals surface area contributed by atoms with Crippen LogP contribution in [0.4, 0.5) is 13.2 Å². The highest BCUT2D eigenvalue weighted by atomic mass is 19.2. The maximum Gasteiger partial charge on any atom is 0.171 e. The molecule has 1 aliphatic carbocycles. The van der Waals surface area contributed by atoms with Crippen molar-refractivity contribution in [2.24, 2.45) is 5.73 Å². The zero-order chi connectivity index (χ0) is 11.9. The summed E-state index contributed by atoms with van der Waals surface area (Å²) in [5.74, 6) is -4.44. The first kappa shape index (κ1) is 11.3. The van der Waals surface area contributed by atoms with Crippen LogP contribution in [0.15, 0.2) is 6.07 Å². The van der Waals surface area contributed by atoms with Crippen LogP contribution in [0.2, 0.25) is 0 Å². The molecule has 3 N–H and O–H groups in total. The van der Waals surface area contributed by atoms with Gasteiger partial charge in [0.25, 0.3) is 0 Å². The van der Waals surface area contributed by atoms with Crippen molar-refractivity contribution < 1.29 is 18.3 Å². The molecule has 0 aliphatic heterocycles. The highest BCUT2D eigenvalue weighted by Gasteiger charge is 2.43. The topological polar surface area (TPSA) is 46.2 Å². The predicted octanol–water partition coefficient (Wildman–Crippen LogP) is 2.19. The molecule has 0 radical (unpaired) electrons. The molecule has 0 aromatic heterocycles. The highest BCUT2D eigenvalue weighted by molar-refractivity contribution is 5.39. The Morgan fingerprint density at radius 1 is 1.25 bits per heavy atom. The third-order valence-corrected chi connectivity index (χ3v) is 3.37. The Balaban J connectivity index is 2.63. The first-order chi connectivity index (χ1) is 7.52. The van der Waals surface area contributed by atoms with Gasteiger partial charge in [0.2, 0.25) is 0 Å². The monoisotopic (exact) mass is 231 g/mol. The fourth-order valence-corrected chi connectivity index (χ4v) is 2.22. The van der Waals surface area contributed by atoms with Gasteiger partial charge < -0.3 is 10.8 Å². The molecule has 2 rings (SSSR count). The van der Waals surface area contributed by atoms with Gasteiger partial charge in [-0.3, -0.25) is 0 Å². The van der Waals surface area contributed by atoms with Crippen LogP contribution < -0.4 is 5.73 Å². The van der Waals surface area contributed by atoms with Crippen molar-refractivity contribution >= 4 is 0 Å². The summed E-state index contributed by atoms with van der Waals surface area (Å²) in [5, 5.41) is 9.16. The van der Waals surface area contributed by atoms with E-state index in [1.165, 1.54) is 0 Å². The number of aromatic hydroxyl groups is 1. The van der Waals surface area contributed by atoms with Crippen molar-refractivity contribution in [1.82, 2.24) is 0 Å². The lowest BCUT2D eigenvalue weighted by Gasteiger charge is -2.41. The van der Waals surface area contributed by atoms with Crippen molar-refractivity contribution in [3.05, 3.63) is 29.1 Å². The fourth-order valence-electron chi connectivity index (χ4n) is 2.22. The Morgan fingerprint density at radius 2 is 1.88 bits per heavy atom. The van der Waals surface area contributed by atoms with Crippen LogP contribution in [0.5, 0.6) is 5.75 Å². The minimum atomic E-state index is -1.24. The van der Waals surface area contributed by atoms with Crippen LogP contribution in [0, 0.1) is 17.5 Å². The van der Waals surface area contributed by atoms with E-state index in [1.54, 1.807) is 0 Å². The van der Waals surface area contributed by atoms with Gasteiger partial charge in [-0.2, -0.15) is 0 Å². The SMILES string of the molecule is NCC1(c2c(F)c(O)cc(F)c2F)CCC1. The molecule has 2 nitrogen and oxygen atoms in total. The smallest absolute Gasteiger partial charge is 0.171 e. The molecular weight excluding hydrogens is 219 g/mol. The van der Waals surface area contributed by atoms with Crippen molar-refractivity contribution in [2.45, 2.75) is 24.7 Å². The second kappa shape index (κ2) is 3.66. The first-order valence-corrected chi connectivity index (χ1v) is 5.09. The lowest BCUT2D eigenvalue weighted by atomic mass is 9.64. The number of phenolic OH excluding ortho intramolecular Hbond substituents is 1. The molecule has 0 spiro atoms. The minimum absolute atomic E-state index is 0.0454. The number of hydrogen-bond donors (Lipinski definition) is 2. The minimum Gasteiger partial charge on any atom is -0.505 e. The normalized spacial score (nSPS) is 18.2. The van der Waals surface area contributed by atoms with Crippen LogP contribution in [0.25, 0.3) is 0 Å². The van der Waals surface area contributed by atoms with E-state index in [-0.39, 0.29) is 6.54 Å². The number of rotatable bonds is 2. The predicted molar refractivity (Wildman–Crippen MR) is 52.6 cm³/mol. The van der Waals surface area contributed by atoms with E-state index in [0.717, 1.165) is 6.42 Å². The zero-order valence-electron chi connectivity index (χ0n) is 8.56. The number of benzene rings is 1. The lowest BCUT2D eigenvalue weighted by Crippen LogP contribution is -2.43. The molecule has 1 aliphatic rings. The van der Waals surface area contributed by atoms with Gasteiger partial charge in [0.15, 0.2) is 23.2 Å². The lowest BCUT2D eigenvalue weighted by molar-refractivity contribution is 0.229. The molecule has 1 saturated carbocycles. The molecule has 1 aromatic rings. The molecule has 0 unspecified atom stereocenters. The average molecular weight is 231 g/mol. The van der Waals surface area contributed by atoms with Crippen molar-refractivity contribution in [3.8, 4) is 5.75 Å². The standard InChI is InChI=1S/C11H12F3NO/c12-6-4-7(16)10(14)8(9(6)13)11(5-15)2-1-3-11/h4,16H,1-3,5,15H2. The molecule has 0 heterocycles. The van der Waals surface area contributed by atoms with Gasteiger partial charge in [0.1, 0.15) is 0 Å². The number of halogens is 3. The van der Waals surface area contributed by atoms with E-state index in [1.807, 2.05) is 0 Å². The molecule has 0 bridgehead atoms. The maximum absolute atomic E-state index is 13.6. The van der Waals surface area contributed by atoms with Gasteiger partial charge in [-0.1, -0.05) is 6.42 Å². The quantitative estimate of drug-likeness (QED) is 0.766. The molecule has 0 amide bonds. The summed E-state index contributed by atoms with van der Waals surface area (Å²) in [4.78, 5) is 0. The van der Waals surface area contributed by atoms with Gasteiger partial charge in [-0.05, 0) is 12.8 Å². The average Bonchev–Trinajstić information content (AvgIpc) is 2.19. The number of hydrogen-bond acceptors (Lipinski definition) is 2. The number of phenols is 1. The van der Waals surface area contributed by atoms with Gasteiger partial charge in [0.05, 0.1) is 0 Å². The van der Waals surface area contributed by atoms with E-state index in [2.05, 4.69) is 0 Å². The summed E-state index contributed by atoms with van der Waals surface area (Å²) < 4.78 is 40.3. The Bertz CT molecular complexity index is 398. The second-order valence-electron chi connectivity index (χ2n) is 4.22. The van der Waals surface area contributed by atoms with Gasteiger partial charge in [0, 0.05) is 23.6 Å². The Labute approximate surface area is 90.9 Å². The van der Waals surface area contributed by atoms with Crippen LogP contribution in [0.1, 0.15) is 24.8 Å². The summed E-state index contributed by atoms with van der Waals surface area (Å²) in [5.41, 5.74) is 4.24. The third-order valence-electron chi connectivity index (χ3n) is 3.37. The molecule has 88 valence electrons. The maximum atomic E-state index is 13.6. The highest BCUT2D eigenvalue weighted by Crippen LogP contribution is 2.46. The number of nitrogens with two attached hydrogens (primary N) is 1. The van der Waals surface area contributed by atoms with Crippen molar-refractivity contribution in [2.75, 3.05) is 6.54 Å². The van der Waals surface area contributed by atoms with Crippen LogP contribution >= 0.6 is 0 Å². The summed E-state index contributed by atoms with van der Waals surface area (Å²) in [6.07, 6.45) is 1.83. The fraction of sp³-hybridized carbons (Fsp3) is 0.455. The Morgan fingerprint density at radius 3 is 2.31 bits per heavy atom. The second-order valence-corrected chi connectivity index (χ2v) is 4.22. The summed E-state index contributed by atoms with van der Waals surface area (Å²) in [6.45, 7) is 0.0454. The molecule has 1 aromatic carbocycles. The zero-order valence-corrected chi connectivity index (χ0v) is 8.56. The molecular formula is C11H12F3NO. The Hall–Kier alpha value is -1.23. The summed E-state index contributed by atoms with van der Waals surface area (Å²) in [7, 11) is 0. The van der Waals surface area contributed by atoms with Gasteiger partial charge >= 0.3 is 0 Å². The van der Waals surface area contributed by atoms with E-state index in [0.29, 0.717) is 18.9 Å². The molecule has 5 heteroatoms. The molecule has 0 atom stereocenters. The summed E-state index contributed by atoms with van der Waals surface area (Å²) >= 11 is 0. The summed E-state index contributed by atoms with van der Waals surface area (Å²) in [6, 6.07) is 0.442. The van der Waals surface area contributed by atoms with Gasteiger partial charge in [-0.15, -0.1) is 0 Å². The first-order valence-electron chi connectivity index (χ1n) is 5.09. The van der Waals surface area contributed by atoms with Crippen LogP contribution in [0.3, 0.4) is 0 Å². The molecule has 0 saturated heterocycles. The van der Waals surface area contributed by atoms with E-state index < -0.39 is 34.2 Å². The molecule has 16 heavy (non-hydrogen) atoms. The van der Waals surface area contributed by atoms with Crippen molar-refractivity contribution in [1.29, 1.82) is 0 Å². The van der Waals surface area contributed by atoms with Crippen molar-refractivity contribution in [3.63, 3.8) is 0 Å². The van der Waals surface area contributed by atoms with E-state index in [4.69, 9.17) is 10.8 Å². The van der Waals surface area contributed by atoms with Crippen LogP contribution in [-0.2, 0) is 5.41 Å². The Kier molecular flexibility index (Phi) is 2.58.